The molecule has 0 aliphatic rings. The van der Waals surface area contributed by atoms with Gasteiger partial charge < -0.3 is 17.7 Å². The Morgan fingerprint density at radius 3 is 2.20 bits per heavy atom. The van der Waals surface area contributed by atoms with Crippen LogP contribution in [-0.4, -0.2) is 12.6 Å². The zero-order valence-corrected chi connectivity index (χ0v) is 8.93. The Labute approximate surface area is 87.3 Å². The van der Waals surface area contributed by atoms with Crippen LogP contribution in [0.15, 0.2) is 24.3 Å². The minimum Gasteiger partial charge on any atom is -0.488 e. The molecule has 0 saturated carbocycles. The zero-order valence-electron chi connectivity index (χ0n) is 8.93. The second-order valence-corrected chi connectivity index (χ2v) is 4.36. The third kappa shape index (κ3) is 3.85. The van der Waals surface area contributed by atoms with Gasteiger partial charge in [0, 0.05) is 0 Å². The Kier molecular flexibility index (Phi) is 3.02. The Bertz CT molecular complexity index is 341. The van der Waals surface area contributed by atoms with Crippen LogP contribution in [0, 0.1) is 0 Å². The summed E-state index contributed by atoms with van der Waals surface area (Å²) < 4.78 is 42.6. The molecule has 1 nitrogen and oxygen atoms in total. The van der Waals surface area contributed by atoms with Gasteiger partial charge in [0.15, 0.2) is 0 Å². The molecule has 0 aromatic heterocycles. The van der Waals surface area contributed by atoms with Crippen LogP contribution in [0.4, 0.5) is 12.9 Å². The molecule has 0 bridgehead atoms. The average molecular weight is 217 g/mol. The van der Waals surface area contributed by atoms with Gasteiger partial charge in [0.05, 0.1) is 0 Å². The lowest BCUT2D eigenvalue weighted by Gasteiger charge is -2.23. The number of hydrogen-bond donors (Lipinski definition) is 0. The molecule has 1 rings (SSSR count). The van der Waals surface area contributed by atoms with E-state index in [0.717, 1.165) is 12.1 Å². The lowest BCUT2D eigenvalue weighted by atomic mass is 9.80. The van der Waals surface area contributed by atoms with E-state index in [4.69, 9.17) is 4.74 Å². The lowest BCUT2D eigenvalue weighted by molar-refractivity contribution is 0.131. The van der Waals surface area contributed by atoms with Gasteiger partial charge in [-0.2, -0.15) is 0 Å². The van der Waals surface area contributed by atoms with E-state index in [-0.39, 0.29) is 5.75 Å². The van der Waals surface area contributed by atoms with Crippen LogP contribution < -0.4 is 10.2 Å². The molecular weight excluding hydrogens is 204 g/mol. The van der Waals surface area contributed by atoms with Gasteiger partial charge in [0.2, 0.25) is 0 Å². The molecule has 0 atom stereocenters. The minimum atomic E-state index is -4.95. The number of rotatable bonds is 2. The maximum Gasteiger partial charge on any atom is 0.509 e. The number of halogens is 3. The fourth-order valence-electron chi connectivity index (χ4n) is 1.14. The summed E-state index contributed by atoms with van der Waals surface area (Å²) in [5.41, 5.74) is -1.12. The van der Waals surface area contributed by atoms with Crippen molar-refractivity contribution in [3.63, 3.8) is 0 Å². The van der Waals surface area contributed by atoms with E-state index in [1.165, 1.54) is 12.1 Å². The normalized spacial score (nSPS) is 12.7. The van der Waals surface area contributed by atoms with Crippen molar-refractivity contribution in [2.24, 2.45) is 0 Å². The summed E-state index contributed by atoms with van der Waals surface area (Å²) >= 11 is 0. The molecule has 0 saturated heterocycles. The predicted molar refractivity (Wildman–Crippen MR) is 55.5 cm³/mol. The first-order valence-electron chi connectivity index (χ1n) is 4.67. The maximum absolute atomic E-state index is 12.4. The van der Waals surface area contributed by atoms with Crippen LogP contribution in [0.25, 0.3) is 0 Å². The third-order valence-electron chi connectivity index (χ3n) is 1.66. The molecule has 0 N–H and O–H groups in total. The molecule has 0 aliphatic carbocycles. The van der Waals surface area contributed by atoms with Gasteiger partial charge in [-0.15, -0.1) is 5.46 Å². The summed E-state index contributed by atoms with van der Waals surface area (Å²) in [6, 6.07) is 4.96. The summed E-state index contributed by atoms with van der Waals surface area (Å²) in [5.74, 6) is 0.249. The molecule has 0 radical (unpaired) electrons. The van der Waals surface area contributed by atoms with Crippen LogP contribution >= 0.6 is 0 Å². The van der Waals surface area contributed by atoms with Gasteiger partial charge in [0.1, 0.15) is 11.4 Å². The second-order valence-electron chi connectivity index (χ2n) is 4.36. The highest BCUT2D eigenvalue weighted by atomic mass is 19.4. The first-order chi connectivity index (χ1) is 6.68. The number of benzene rings is 1. The van der Waals surface area contributed by atoms with Crippen LogP contribution in [0.1, 0.15) is 20.8 Å². The van der Waals surface area contributed by atoms with Gasteiger partial charge in [0.25, 0.3) is 0 Å². The highest BCUT2D eigenvalue weighted by Crippen LogP contribution is 2.18. The third-order valence-corrected chi connectivity index (χ3v) is 1.66. The number of hydrogen-bond acceptors (Lipinski definition) is 1. The minimum absolute atomic E-state index is 0.249. The highest BCUT2D eigenvalue weighted by Gasteiger charge is 2.26. The molecule has 0 amide bonds. The standard InChI is InChI=1S/C10H13BF3O/c1-10(2,3)15-9-6-4-5-8(7-9)11(12,13)14/h4-7H,1-3H3/q-1. The molecule has 15 heavy (non-hydrogen) atoms. The van der Waals surface area contributed by atoms with E-state index in [0.29, 0.717) is 0 Å². The van der Waals surface area contributed by atoms with Crippen LogP contribution in [-0.2, 0) is 0 Å². The molecular formula is C10H13BF3O-. The molecule has 0 spiro atoms. The van der Waals surface area contributed by atoms with Crippen LogP contribution in [0.3, 0.4) is 0 Å². The summed E-state index contributed by atoms with van der Waals surface area (Å²) in [7, 11) is 0. The number of ether oxygens (including phenoxy) is 1. The maximum atomic E-state index is 12.4. The monoisotopic (exact) mass is 217 g/mol. The smallest absolute Gasteiger partial charge is 0.488 e. The fourth-order valence-corrected chi connectivity index (χ4v) is 1.14. The van der Waals surface area contributed by atoms with Gasteiger partial charge in [-0.05, 0) is 32.9 Å². The van der Waals surface area contributed by atoms with E-state index >= 15 is 0 Å². The predicted octanol–water partition coefficient (Wildman–Crippen LogP) is 2.92. The summed E-state index contributed by atoms with van der Waals surface area (Å²) in [4.78, 5) is 0. The van der Waals surface area contributed by atoms with Gasteiger partial charge in [-0.25, -0.2) is 0 Å². The molecule has 0 fully saturated rings. The first-order valence-corrected chi connectivity index (χ1v) is 4.67. The van der Waals surface area contributed by atoms with E-state index < -0.39 is 18.0 Å². The lowest BCUT2D eigenvalue weighted by Crippen LogP contribution is -2.34. The molecule has 0 heterocycles. The molecule has 1 aromatic rings. The average Bonchev–Trinajstić information content (AvgIpc) is 1.99. The van der Waals surface area contributed by atoms with Crippen molar-refractivity contribution >= 4 is 12.4 Å². The summed E-state index contributed by atoms with van der Waals surface area (Å²) in [5, 5.41) is 0. The van der Waals surface area contributed by atoms with Crippen molar-refractivity contribution in [2.45, 2.75) is 26.4 Å². The van der Waals surface area contributed by atoms with E-state index in [2.05, 4.69) is 0 Å². The van der Waals surface area contributed by atoms with E-state index in [9.17, 15) is 12.9 Å². The Hall–Kier alpha value is -1.13. The molecule has 5 heteroatoms. The largest absolute Gasteiger partial charge is 0.509 e. The van der Waals surface area contributed by atoms with Crippen LogP contribution in [0.5, 0.6) is 5.75 Å². The van der Waals surface area contributed by atoms with Crippen molar-refractivity contribution in [1.29, 1.82) is 0 Å². The van der Waals surface area contributed by atoms with Crippen molar-refractivity contribution in [3.05, 3.63) is 24.3 Å². The van der Waals surface area contributed by atoms with Gasteiger partial charge in [-0.3, -0.25) is 0 Å². The molecule has 0 unspecified atom stereocenters. The summed E-state index contributed by atoms with van der Waals surface area (Å²) in [6.45, 7) is 0.419. The second kappa shape index (κ2) is 3.79. The highest BCUT2D eigenvalue weighted by molar-refractivity contribution is 6.73. The van der Waals surface area contributed by atoms with Gasteiger partial charge >= 0.3 is 6.98 Å². The van der Waals surface area contributed by atoms with E-state index in [1.54, 1.807) is 20.8 Å². The molecule has 0 aliphatic heterocycles. The van der Waals surface area contributed by atoms with Crippen molar-refractivity contribution in [1.82, 2.24) is 0 Å². The van der Waals surface area contributed by atoms with Crippen LogP contribution in [0.2, 0.25) is 0 Å². The summed E-state index contributed by atoms with van der Waals surface area (Å²) in [6.07, 6.45) is 0. The topological polar surface area (TPSA) is 9.23 Å². The van der Waals surface area contributed by atoms with Crippen molar-refractivity contribution in [3.8, 4) is 5.75 Å². The fraction of sp³-hybridized carbons (Fsp3) is 0.400. The quantitative estimate of drug-likeness (QED) is 0.692. The Morgan fingerprint density at radius 1 is 1.13 bits per heavy atom. The Balaban J connectivity index is 2.94. The van der Waals surface area contributed by atoms with Crippen molar-refractivity contribution in [2.75, 3.05) is 0 Å². The SMILES string of the molecule is CC(C)(C)Oc1cccc([B-](F)(F)F)c1. The molecule has 1 aromatic carbocycles. The van der Waals surface area contributed by atoms with Gasteiger partial charge in [-0.1, -0.05) is 12.1 Å². The molecule has 84 valence electrons. The Morgan fingerprint density at radius 2 is 1.73 bits per heavy atom. The van der Waals surface area contributed by atoms with Crippen molar-refractivity contribution < 1.29 is 17.7 Å². The first kappa shape index (κ1) is 11.9. The zero-order chi connectivity index (χ0) is 11.7. The van der Waals surface area contributed by atoms with E-state index in [1.807, 2.05) is 0 Å².